The van der Waals surface area contributed by atoms with Gasteiger partial charge in [0.05, 0.1) is 10.6 Å². The van der Waals surface area contributed by atoms with E-state index in [9.17, 15) is 4.79 Å². The highest BCUT2D eigenvalue weighted by Crippen LogP contribution is 2.29. The number of hydrogen-bond donors (Lipinski definition) is 1. The van der Waals surface area contributed by atoms with Crippen LogP contribution < -0.4 is 10.1 Å². The predicted octanol–water partition coefficient (Wildman–Crippen LogP) is 5.77. The maximum Gasteiger partial charge on any atom is 0.264 e. The molecule has 0 aromatic heterocycles. The zero-order valence-electron chi connectivity index (χ0n) is 16.9. The number of aryl methyl sites for hydroxylation is 2. The Morgan fingerprint density at radius 2 is 1.67 bits per heavy atom. The number of nitrogens with one attached hydrogen (secondary N) is 1. The van der Waals surface area contributed by atoms with Crippen molar-refractivity contribution in [2.24, 2.45) is 4.99 Å². The Kier molecular flexibility index (Phi) is 6.00. The summed E-state index contributed by atoms with van der Waals surface area (Å²) in [5, 5.41) is 3.41. The highest BCUT2D eigenvalue weighted by atomic mass is 32.2. The number of ether oxygens (including phenoxy) is 1. The quantitative estimate of drug-likeness (QED) is 0.539. The number of amides is 1. The Labute approximate surface area is 180 Å². The molecule has 0 spiro atoms. The smallest absolute Gasteiger partial charge is 0.264 e. The van der Waals surface area contributed by atoms with E-state index in [1.807, 2.05) is 61.5 Å². The van der Waals surface area contributed by atoms with Crippen molar-refractivity contribution in [3.63, 3.8) is 0 Å². The van der Waals surface area contributed by atoms with Crippen LogP contribution in [0.3, 0.4) is 0 Å². The lowest BCUT2D eigenvalue weighted by Gasteiger charge is -2.07. The maximum absolute atomic E-state index is 12.3. The summed E-state index contributed by atoms with van der Waals surface area (Å²) in [5.74, 6) is 0.624. The van der Waals surface area contributed by atoms with Crippen LogP contribution in [0.15, 0.2) is 82.7 Å². The van der Waals surface area contributed by atoms with Crippen molar-refractivity contribution < 1.29 is 9.53 Å². The Hall–Kier alpha value is -3.31. The molecule has 0 unspecified atom stereocenters. The highest BCUT2D eigenvalue weighted by Gasteiger charge is 2.23. The summed E-state index contributed by atoms with van der Waals surface area (Å²) in [6.07, 6.45) is 1.86. The molecule has 1 saturated heterocycles. The van der Waals surface area contributed by atoms with Gasteiger partial charge < -0.3 is 10.1 Å². The minimum atomic E-state index is -0.142. The Bertz CT molecular complexity index is 1120. The summed E-state index contributed by atoms with van der Waals surface area (Å²) in [5.41, 5.74) is 5.24. The maximum atomic E-state index is 12.3. The molecule has 1 aliphatic rings. The molecular weight excluding hydrogens is 392 g/mol. The molecule has 30 heavy (non-hydrogen) atoms. The SMILES string of the molecule is Cc1ccc(COc2cccc(/C=C3\SC(=Nc4ccc(C)cc4)NC3=O)c2)cc1. The van der Waals surface area contributed by atoms with Gasteiger partial charge in [-0.3, -0.25) is 4.79 Å². The van der Waals surface area contributed by atoms with Crippen molar-refractivity contribution >= 4 is 34.6 Å². The Morgan fingerprint density at radius 1 is 0.967 bits per heavy atom. The number of nitrogens with zero attached hydrogens (tertiary/aromatic N) is 1. The Morgan fingerprint density at radius 3 is 2.40 bits per heavy atom. The second kappa shape index (κ2) is 9.01. The number of carbonyl (C=O) groups is 1. The minimum absolute atomic E-state index is 0.142. The van der Waals surface area contributed by atoms with Gasteiger partial charge >= 0.3 is 0 Å². The molecule has 5 heteroatoms. The van der Waals surface area contributed by atoms with Crippen LogP contribution in [0.25, 0.3) is 6.08 Å². The van der Waals surface area contributed by atoms with Crippen molar-refractivity contribution in [1.29, 1.82) is 0 Å². The first-order valence-electron chi connectivity index (χ1n) is 9.70. The van der Waals surface area contributed by atoms with Gasteiger partial charge in [-0.25, -0.2) is 4.99 Å². The van der Waals surface area contributed by atoms with Gasteiger partial charge in [0.1, 0.15) is 12.4 Å². The van der Waals surface area contributed by atoms with E-state index in [4.69, 9.17) is 4.74 Å². The summed E-state index contributed by atoms with van der Waals surface area (Å²) < 4.78 is 5.91. The Balaban J connectivity index is 1.45. The zero-order valence-corrected chi connectivity index (χ0v) is 17.7. The number of benzene rings is 3. The number of aliphatic imine (C=N–C) groups is 1. The topological polar surface area (TPSA) is 50.7 Å². The summed E-state index contributed by atoms with van der Waals surface area (Å²) in [4.78, 5) is 17.5. The van der Waals surface area contributed by atoms with E-state index in [0.717, 1.165) is 22.6 Å². The summed E-state index contributed by atoms with van der Waals surface area (Å²) in [7, 11) is 0. The molecule has 0 bridgehead atoms. The summed E-state index contributed by atoms with van der Waals surface area (Å²) >= 11 is 1.34. The molecule has 1 amide bonds. The second-order valence-corrected chi connectivity index (χ2v) is 8.19. The first kappa shape index (κ1) is 20.0. The van der Waals surface area contributed by atoms with Gasteiger partial charge in [-0.15, -0.1) is 0 Å². The van der Waals surface area contributed by atoms with Crippen LogP contribution in [-0.4, -0.2) is 11.1 Å². The van der Waals surface area contributed by atoms with E-state index in [2.05, 4.69) is 41.5 Å². The molecule has 0 atom stereocenters. The number of hydrogen-bond acceptors (Lipinski definition) is 4. The molecule has 1 fully saturated rings. The molecule has 1 aliphatic heterocycles. The molecule has 1 N–H and O–H groups in total. The molecule has 1 heterocycles. The van der Waals surface area contributed by atoms with E-state index in [0.29, 0.717) is 16.7 Å². The van der Waals surface area contributed by atoms with Crippen LogP contribution in [0, 0.1) is 13.8 Å². The van der Waals surface area contributed by atoms with Crippen LogP contribution in [-0.2, 0) is 11.4 Å². The largest absolute Gasteiger partial charge is 0.489 e. The predicted molar refractivity (Wildman–Crippen MR) is 124 cm³/mol. The third-order valence-corrected chi connectivity index (χ3v) is 5.51. The molecule has 0 aliphatic carbocycles. The standard InChI is InChI=1S/C25H22N2O2S/c1-17-6-10-19(11-7-17)16-29-22-5-3-4-20(14-22)15-23-24(28)27-25(30-23)26-21-12-8-18(2)9-13-21/h3-15H,16H2,1-2H3,(H,26,27,28)/b23-15-. The van der Waals surface area contributed by atoms with Crippen LogP contribution in [0.2, 0.25) is 0 Å². The van der Waals surface area contributed by atoms with E-state index in [1.54, 1.807) is 0 Å². The van der Waals surface area contributed by atoms with E-state index in [1.165, 1.54) is 22.9 Å². The average molecular weight is 415 g/mol. The van der Waals surface area contributed by atoms with Crippen molar-refractivity contribution in [2.75, 3.05) is 0 Å². The van der Waals surface area contributed by atoms with Crippen molar-refractivity contribution in [3.8, 4) is 5.75 Å². The summed E-state index contributed by atoms with van der Waals surface area (Å²) in [6, 6.07) is 23.9. The van der Waals surface area contributed by atoms with Gasteiger partial charge in [-0.2, -0.15) is 0 Å². The lowest BCUT2D eigenvalue weighted by atomic mass is 10.1. The normalized spacial score (nSPS) is 16.1. The van der Waals surface area contributed by atoms with Gasteiger partial charge in [0.2, 0.25) is 0 Å². The van der Waals surface area contributed by atoms with Gasteiger partial charge in [-0.1, -0.05) is 59.7 Å². The van der Waals surface area contributed by atoms with Crippen molar-refractivity contribution in [2.45, 2.75) is 20.5 Å². The van der Waals surface area contributed by atoms with E-state index >= 15 is 0 Å². The lowest BCUT2D eigenvalue weighted by Crippen LogP contribution is -2.19. The fourth-order valence-corrected chi connectivity index (χ4v) is 3.76. The number of thioether (sulfide) groups is 1. The lowest BCUT2D eigenvalue weighted by molar-refractivity contribution is -0.115. The van der Waals surface area contributed by atoms with E-state index < -0.39 is 0 Å². The monoisotopic (exact) mass is 414 g/mol. The third-order valence-electron chi connectivity index (χ3n) is 4.60. The van der Waals surface area contributed by atoms with Gasteiger partial charge in [0.15, 0.2) is 5.17 Å². The number of carbonyl (C=O) groups excluding carboxylic acids is 1. The third kappa shape index (κ3) is 5.19. The molecule has 4 rings (SSSR count). The van der Waals surface area contributed by atoms with Crippen LogP contribution in [0.5, 0.6) is 5.75 Å². The number of rotatable bonds is 5. The van der Waals surface area contributed by atoms with Crippen molar-refractivity contribution in [3.05, 3.63) is 100.0 Å². The minimum Gasteiger partial charge on any atom is -0.489 e. The number of amidine groups is 1. The molecular formula is C25H22N2O2S. The highest BCUT2D eigenvalue weighted by molar-refractivity contribution is 8.18. The van der Waals surface area contributed by atoms with Crippen molar-refractivity contribution in [1.82, 2.24) is 5.32 Å². The fourth-order valence-electron chi connectivity index (χ4n) is 2.91. The fraction of sp³-hybridized carbons (Fsp3) is 0.120. The van der Waals surface area contributed by atoms with Gasteiger partial charge in [-0.05, 0) is 67.1 Å². The van der Waals surface area contributed by atoms with Crippen LogP contribution in [0.1, 0.15) is 22.3 Å². The first-order chi connectivity index (χ1) is 14.5. The summed E-state index contributed by atoms with van der Waals surface area (Å²) in [6.45, 7) is 4.60. The van der Waals surface area contributed by atoms with Crippen LogP contribution >= 0.6 is 11.8 Å². The molecule has 150 valence electrons. The van der Waals surface area contributed by atoms with Gasteiger partial charge in [0.25, 0.3) is 5.91 Å². The zero-order chi connectivity index (χ0) is 20.9. The first-order valence-corrected chi connectivity index (χ1v) is 10.5. The molecule has 4 nitrogen and oxygen atoms in total. The molecule has 0 radical (unpaired) electrons. The van der Waals surface area contributed by atoms with Crippen LogP contribution in [0.4, 0.5) is 5.69 Å². The van der Waals surface area contributed by atoms with E-state index in [-0.39, 0.29) is 5.91 Å². The van der Waals surface area contributed by atoms with Gasteiger partial charge in [0, 0.05) is 0 Å². The average Bonchev–Trinajstić information content (AvgIpc) is 3.08. The molecule has 0 saturated carbocycles. The molecule has 3 aromatic rings. The second-order valence-electron chi connectivity index (χ2n) is 7.16. The molecule has 3 aromatic carbocycles.